The summed E-state index contributed by atoms with van der Waals surface area (Å²) in [5.74, 6) is -0.231. The number of aromatic carboxylic acids is 1. The molecule has 3 unspecified atom stereocenters. The zero-order valence-electron chi connectivity index (χ0n) is 11.5. The fourth-order valence-corrected chi connectivity index (χ4v) is 5.35. The molecule has 20 heavy (non-hydrogen) atoms. The fraction of sp³-hybridized carbons (Fsp3) is 0.615. The first-order valence-corrected chi connectivity index (χ1v) is 9.00. The molecule has 2 N–H and O–H groups in total. The molecule has 0 aromatic carbocycles. The second-order valence-electron chi connectivity index (χ2n) is 5.26. The number of carboxylic acids is 1. The Hall–Kier alpha value is -0.920. The number of sulfonamides is 1. The van der Waals surface area contributed by atoms with Crippen LogP contribution in [-0.2, 0) is 10.0 Å². The first-order valence-electron chi connectivity index (χ1n) is 6.70. The zero-order chi connectivity index (χ0) is 14.9. The molecule has 0 amide bonds. The summed E-state index contributed by atoms with van der Waals surface area (Å²) >= 11 is 0.789. The number of carboxylic acid groups (broad SMARTS) is 1. The molecule has 112 valence electrons. The van der Waals surface area contributed by atoms with Crippen molar-refractivity contribution in [3.63, 3.8) is 0 Å². The van der Waals surface area contributed by atoms with E-state index in [4.69, 9.17) is 5.11 Å². The van der Waals surface area contributed by atoms with E-state index in [-0.39, 0.29) is 15.1 Å². The second kappa shape index (κ2) is 5.83. The summed E-state index contributed by atoms with van der Waals surface area (Å²) in [4.78, 5) is 10.9. The van der Waals surface area contributed by atoms with Gasteiger partial charge < -0.3 is 5.11 Å². The molecular formula is C13H19NO4S2. The summed E-state index contributed by atoms with van der Waals surface area (Å²) in [6.07, 6.45) is 2.94. The summed E-state index contributed by atoms with van der Waals surface area (Å²) in [6.45, 7) is 4.20. The number of hydrogen-bond acceptors (Lipinski definition) is 4. The highest BCUT2D eigenvalue weighted by atomic mass is 32.2. The molecule has 1 heterocycles. The third-order valence-corrected chi connectivity index (χ3v) is 7.17. The van der Waals surface area contributed by atoms with Gasteiger partial charge in [0.25, 0.3) is 0 Å². The molecule has 1 saturated carbocycles. The molecule has 1 aliphatic carbocycles. The average Bonchev–Trinajstić information content (AvgIpc) is 2.98. The van der Waals surface area contributed by atoms with Crippen LogP contribution < -0.4 is 4.72 Å². The fourth-order valence-electron chi connectivity index (χ4n) is 2.83. The number of rotatable bonds is 5. The third kappa shape index (κ3) is 3.05. The molecule has 2 rings (SSSR count). The van der Waals surface area contributed by atoms with Crippen molar-refractivity contribution in [2.75, 3.05) is 0 Å². The van der Waals surface area contributed by atoms with Crippen LogP contribution in [-0.4, -0.2) is 25.5 Å². The van der Waals surface area contributed by atoms with Crippen molar-refractivity contribution in [1.29, 1.82) is 0 Å². The van der Waals surface area contributed by atoms with E-state index in [2.05, 4.69) is 18.6 Å². The molecule has 1 aromatic heterocycles. The highest BCUT2D eigenvalue weighted by Crippen LogP contribution is 2.35. The maximum absolute atomic E-state index is 12.3. The van der Waals surface area contributed by atoms with E-state index in [1.165, 1.54) is 12.1 Å². The van der Waals surface area contributed by atoms with Gasteiger partial charge in [0.05, 0.1) is 0 Å². The van der Waals surface area contributed by atoms with Crippen molar-refractivity contribution in [3.8, 4) is 0 Å². The van der Waals surface area contributed by atoms with Gasteiger partial charge in [-0.2, -0.15) is 0 Å². The van der Waals surface area contributed by atoms with Crippen LogP contribution in [0.2, 0.25) is 0 Å². The van der Waals surface area contributed by atoms with Gasteiger partial charge in [-0.1, -0.05) is 20.3 Å². The van der Waals surface area contributed by atoms with Crippen LogP contribution in [0.4, 0.5) is 0 Å². The lowest BCUT2D eigenvalue weighted by molar-refractivity contribution is 0.0702. The van der Waals surface area contributed by atoms with E-state index in [0.717, 1.165) is 30.6 Å². The monoisotopic (exact) mass is 317 g/mol. The van der Waals surface area contributed by atoms with Gasteiger partial charge in [0, 0.05) is 6.04 Å². The molecule has 0 bridgehead atoms. The standard InChI is InChI=1S/C13H19NO4S2/c1-3-9-4-5-10(8(9)2)14-20(17,18)12-7-6-11(19-12)13(15)16/h6-10,14H,3-5H2,1-2H3,(H,15,16). The van der Waals surface area contributed by atoms with Gasteiger partial charge in [-0.25, -0.2) is 17.9 Å². The molecule has 0 saturated heterocycles. The highest BCUT2D eigenvalue weighted by Gasteiger charge is 2.34. The van der Waals surface area contributed by atoms with Crippen LogP contribution in [0.1, 0.15) is 42.8 Å². The predicted octanol–water partition coefficient (Wildman–Crippen LogP) is 2.55. The van der Waals surface area contributed by atoms with Gasteiger partial charge in [0.2, 0.25) is 10.0 Å². The van der Waals surface area contributed by atoms with E-state index in [0.29, 0.717) is 11.8 Å². The Morgan fingerprint density at radius 3 is 2.65 bits per heavy atom. The highest BCUT2D eigenvalue weighted by molar-refractivity contribution is 7.91. The van der Waals surface area contributed by atoms with Gasteiger partial charge in [-0.3, -0.25) is 0 Å². The second-order valence-corrected chi connectivity index (χ2v) is 8.28. The van der Waals surface area contributed by atoms with Crippen molar-refractivity contribution in [1.82, 2.24) is 4.72 Å². The van der Waals surface area contributed by atoms with Gasteiger partial charge >= 0.3 is 5.97 Å². The van der Waals surface area contributed by atoms with Crippen molar-refractivity contribution in [3.05, 3.63) is 17.0 Å². The third-order valence-electron chi connectivity index (χ3n) is 4.11. The Morgan fingerprint density at radius 1 is 1.45 bits per heavy atom. The normalized spacial score (nSPS) is 26.8. The molecule has 0 spiro atoms. The van der Waals surface area contributed by atoms with E-state index in [9.17, 15) is 13.2 Å². The first kappa shape index (κ1) is 15.5. The maximum Gasteiger partial charge on any atom is 0.345 e. The van der Waals surface area contributed by atoms with Gasteiger partial charge in [0.15, 0.2) is 0 Å². The summed E-state index contributed by atoms with van der Waals surface area (Å²) < 4.78 is 27.3. The molecule has 1 fully saturated rings. The van der Waals surface area contributed by atoms with Gasteiger partial charge in [-0.15, -0.1) is 11.3 Å². The van der Waals surface area contributed by atoms with E-state index < -0.39 is 16.0 Å². The summed E-state index contributed by atoms with van der Waals surface area (Å²) in [5.41, 5.74) is 0. The number of nitrogens with one attached hydrogen (secondary N) is 1. The number of thiophene rings is 1. The van der Waals surface area contributed by atoms with Crippen molar-refractivity contribution >= 4 is 27.3 Å². The number of carbonyl (C=O) groups is 1. The molecule has 0 aliphatic heterocycles. The van der Waals surface area contributed by atoms with Gasteiger partial charge in [0.1, 0.15) is 9.09 Å². The topological polar surface area (TPSA) is 83.5 Å². The predicted molar refractivity (Wildman–Crippen MR) is 77.6 cm³/mol. The van der Waals surface area contributed by atoms with E-state index in [1.54, 1.807) is 0 Å². The van der Waals surface area contributed by atoms with Crippen LogP contribution in [0, 0.1) is 11.8 Å². The SMILES string of the molecule is CCC1CCC(NS(=O)(=O)c2ccc(C(=O)O)s2)C1C. The number of hydrogen-bond donors (Lipinski definition) is 2. The van der Waals surface area contributed by atoms with E-state index >= 15 is 0 Å². The zero-order valence-corrected chi connectivity index (χ0v) is 13.1. The molecule has 1 aliphatic rings. The van der Waals surface area contributed by atoms with Crippen molar-refractivity contribution < 1.29 is 18.3 Å². The maximum atomic E-state index is 12.3. The Morgan fingerprint density at radius 2 is 2.15 bits per heavy atom. The van der Waals surface area contributed by atoms with Crippen LogP contribution in [0.5, 0.6) is 0 Å². The van der Waals surface area contributed by atoms with Crippen LogP contribution >= 0.6 is 11.3 Å². The van der Waals surface area contributed by atoms with Crippen LogP contribution in [0.3, 0.4) is 0 Å². The van der Waals surface area contributed by atoms with Gasteiger partial charge in [-0.05, 0) is 36.8 Å². The molecule has 3 atom stereocenters. The Balaban J connectivity index is 2.13. The first-order chi connectivity index (χ1) is 9.35. The van der Waals surface area contributed by atoms with Crippen molar-refractivity contribution in [2.24, 2.45) is 11.8 Å². The Kier molecular flexibility index (Phi) is 4.51. The Labute approximate surface area is 123 Å². The lowest BCUT2D eigenvalue weighted by Gasteiger charge is -2.20. The van der Waals surface area contributed by atoms with Crippen molar-refractivity contribution in [2.45, 2.75) is 43.4 Å². The summed E-state index contributed by atoms with van der Waals surface area (Å²) in [6, 6.07) is 2.63. The van der Waals surface area contributed by atoms with E-state index in [1.807, 2.05) is 0 Å². The molecule has 1 aromatic rings. The quantitative estimate of drug-likeness (QED) is 0.874. The minimum atomic E-state index is -3.62. The van der Waals surface area contributed by atoms with Crippen LogP contribution in [0.25, 0.3) is 0 Å². The summed E-state index contributed by atoms with van der Waals surface area (Å²) in [7, 11) is -3.62. The molecule has 7 heteroatoms. The van der Waals surface area contributed by atoms with Crippen LogP contribution in [0.15, 0.2) is 16.3 Å². The lowest BCUT2D eigenvalue weighted by Crippen LogP contribution is -2.37. The molecule has 0 radical (unpaired) electrons. The summed E-state index contributed by atoms with van der Waals surface area (Å²) in [5, 5.41) is 8.85. The Bertz CT molecular complexity index is 593. The minimum Gasteiger partial charge on any atom is -0.477 e. The molecular weight excluding hydrogens is 298 g/mol. The smallest absolute Gasteiger partial charge is 0.345 e. The molecule has 5 nitrogen and oxygen atoms in total. The largest absolute Gasteiger partial charge is 0.477 e. The average molecular weight is 317 g/mol. The minimum absolute atomic E-state index is 0.0382. The lowest BCUT2D eigenvalue weighted by atomic mass is 9.94.